The van der Waals surface area contributed by atoms with E-state index in [0.29, 0.717) is 15.8 Å². The number of hydrogen-bond donors (Lipinski definition) is 5. The Kier molecular flexibility index (Phi) is 5.99. The van der Waals surface area contributed by atoms with E-state index in [-0.39, 0.29) is 38.9 Å². The molecule has 0 bridgehead atoms. The zero-order valence-electron chi connectivity index (χ0n) is 16.5. The summed E-state index contributed by atoms with van der Waals surface area (Å²) in [6, 6.07) is 6.52. The van der Waals surface area contributed by atoms with Crippen LogP contribution in [-0.2, 0) is 9.53 Å². The van der Waals surface area contributed by atoms with E-state index in [1.165, 1.54) is 19.2 Å². The number of aliphatic carboxylic acids is 1. The Morgan fingerprint density at radius 1 is 1.31 bits per heavy atom. The monoisotopic (exact) mass is 456 g/mol. The van der Waals surface area contributed by atoms with Gasteiger partial charge in [0.05, 0.1) is 18.5 Å². The third-order valence-electron chi connectivity index (χ3n) is 4.29. The third-order valence-corrected chi connectivity index (χ3v) is 5.41. The molecule has 0 fully saturated rings. The van der Waals surface area contributed by atoms with E-state index >= 15 is 0 Å². The van der Waals surface area contributed by atoms with Crippen molar-refractivity contribution in [3.8, 4) is 22.9 Å². The molecule has 2 heterocycles. The molecule has 12 nitrogen and oxygen atoms in total. The molecule has 2 amide bonds. The van der Waals surface area contributed by atoms with Crippen molar-refractivity contribution < 1.29 is 29.0 Å². The van der Waals surface area contributed by atoms with Gasteiger partial charge in [0.2, 0.25) is 0 Å². The first-order chi connectivity index (χ1) is 15.2. The van der Waals surface area contributed by atoms with E-state index in [1.807, 2.05) is 6.07 Å². The normalized spacial score (nSPS) is 10.4. The molecular formula is C19H16N6O6S. The number of aromatic nitrogens is 1. The molecule has 164 valence electrons. The van der Waals surface area contributed by atoms with Crippen molar-refractivity contribution in [3.05, 3.63) is 28.6 Å². The summed E-state index contributed by atoms with van der Waals surface area (Å²) in [6.45, 7) is -0.838. The molecule has 0 atom stereocenters. The number of primary amides is 1. The van der Waals surface area contributed by atoms with Gasteiger partial charge in [-0.25, -0.2) is 14.6 Å². The molecule has 13 heteroatoms. The summed E-state index contributed by atoms with van der Waals surface area (Å²) >= 11 is 0.936. The van der Waals surface area contributed by atoms with Crippen LogP contribution >= 0.6 is 11.3 Å². The van der Waals surface area contributed by atoms with Gasteiger partial charge in [0.15, 0.2) is 6.61 Å². The van der Waals surface area contributed by atoms with Crippen molar-refractivity contribution in [2.45, 2.75) is 0 Å². The van der Waals surface area contributed by atoms with E-state index < -0.39 is 24.6 Å². The van der Waals surface area contributed by atoms with Crippen LogP contribution in [-0.4, -0.2) is 41.8 Å². The number of nitrogens with one attached hydrogen (secondary N) is 1. The number of rotatable bonds is 6. The Bertz CT molecular complexity index is 1310. The largest absolute Gasteiger partial charge is 0.495 e. The lowest BCUT2D eigenvalue weighted by Crippen LogP contribution is -2.18. The lowest BCUT2D eigenvalue weighted by molar-refractivity contribution is -0.140. The minimum atomic E-state index is -1.33. The number of hydrogen-bond acceptors (Lipinski definition) is 10. The highest BCUT2D eigenvalue weighted by molar-refractivity contribution is 7.21. The molecule has 1 aromatic carbocycles. The van der Waals surface area contributed by atoms with Crippen LogP contribution in [0, 0.1) is 11.3 Å². The molecule has 0 spiro atoms. The van der Waals surface area contributed by atoms with Gasteiger partial charge in [0, 0.05) is 10.9 Å². The SMILES string of the molecule is COc1ccc(-c2c(C#N)c(N)nc3sc(C(N)=O)c(N)c23)cc1NC(=O)OCC(=O)O. The van der Waals surface area contributed by atoms with Gasteiger partial charge in [0.1, 0.15) is 32.9 Å². The number of nitriles is 1. The summed E-state index contributed by atoms with van der Waals surface area (Å²) < 4.78 is 9.80. The van der Waals surface area contributed by atoms with E-state index in [4.69, 9.17) is 27.0 Å². The quantitative estimate of drug-likeness (QED) is 0.362. The molecule has 32 heavy (non-hydrogen) atoms. The van der Waals surface area contributed by atoms with E-state index in [0.717, 1.165) is 11.3 Å². The first-order valence-corrected chi connectivity index (χ1v) is 9.54. The van der Waals surface area contributed by atoms with Crippen LogP contribution in [0.15, 0.2) is 18.2 Å². The zero-order chi connectivity index (χ0) is 23.6. The van der Waals surface area contributed by atoms with Crippen LogP contribution < -0.4 is 27.3 Å². The van der Waals surface area contributed by atoms with E-state index in [1.54, 1.807) is 6.07 Å². The Morgan fingerprint density at radius 3 is 2.62 bits per heavy atom. The van der Waals surface area contributed by atoms with Gasteiger partial charge in [-0.15, -0.1) is 11.3 Å². The lowest BCUT2D eigenvalue weighted by Gasteiger charge is -2.14. The number of carboxylic acids is 1. The second-order valence-electron chi connectivity index (χ2n) is 6.26. The smallest absolute Gasteiger partial charge is 0.412 e. The summed E-state index contributed by atoms with van der Waals surface area (Å²) in [6.07, 6.45) is -1.03. The summed E-state index contributed by atoms with van der Waals surface area (Å²) in [5, 5.41) is 21.0. The number of carbonyl (C=O) groups is 3. The number of ether oxygens (including phenoxy) is 2. The molecule has 0 aliphatic carbocycles. The van der Waals surface area contributed by atoms with Gasteiger partial charge in [-0.1, -0.05) is 6.07 Å². The fraction of sp³-hybridized carbons (Fsp3) is 0.105. The van der Waals surface area contributed by atoms with E-state index in [9.17, 15) is 19.6 Å². The number of amides is 2. The number of fused-ring (bicyclic) bond motifs is 1. The second-order valence-corrected chi connectivity index (χ2v) is 7.26. The Hall–Kier alpha value is -4.57. The van der Waals surface area contributed by atoms with Gasteiger partial charge in [-0.05, 0) is 17.7 Å². The highest BCUT2D eigenvalue weighted by Crippen LogP contribution is 2.43. The van der Waals surface area contributed by atoms with Crippen LogP contribution in [0.1, 0.15) is 15.2 Å². The fourth-order valence-corrected chi connectivity index (χ4v) is 3.95. The molecule has 0 saturated carbocycles. The fourth-order valence-electron chi connectivity index (χ4n) is 2.99. The first-order valence-electron chi connectivity index (χ1n) is 8.73. The molecule has 0 radical (unpaired) electrons. The number of benzene rings is 1. The van der Waals surface area contributed by atoms with Crippen LogP contribution in [0.25, 0.3) is 21.3 Å². The molecule has 8 N–H and O–H groups in total. The van der Waals surface area contributed by atoms with Gasteiger partial charge in [-0.2, -0.15) is 5.26 Å². The predicted octanol–water partition coefficient (Wildman–Crippen LogP) is 1.74. The van der Waals surface area contributed by atoms with Crippen molar-refractivity contribution >= 4 is 56.7 Å². The van der Waals surface area contributed by atoms with Crippen molar-refractivity contribution in [2.75, 3.05) is 30.5 Å². The maximum atomic E-state index is 12.0. The lowest BCUT2D eigenvalue weighted by atomic mass is 9.96. The maximum Gasteiger partial charge on any atom is 0.412 e. The number of anilines is 3. The van der Waals surface area contributed by atoms with Crippen molar-refractivity contribution in [2.24, 2.45) is 5.73 Å². The van der Waals surface area contributed by atoms with Crippen molar-refractivity contribution in [1.82, 2.24) is 4.98 Å². The van der Waals surface area contributed by atoms with Crippen LogP contribution in [0.4, 0.5) is 22.0 Å². The average molecular weight is 456 g/mol. The topological polar surface area (TPSA) is 217 Å². The number of nitrogen functional groups attached to an aromatic ring is 2. The summed E-state index contributed by atoms with van der Waals surface area (Å²) in [4.78, 5) is 38.8. The molecule has 0 aliphatic rings. The second kappa shape index (κ2) is 8.66. The summed E-state index contributed by atoms with van der Waals surface area (Å²) in [5.74, 6) is -1.94. The van der Waals surface area contributed by atoms with Crippen LogP contribution in [0.3, 0.4) is 0 Å². The highest BCUT2D eigenvalue weighted by Gasteiger charge is 2.24. The molecule has 3 aromatic rings. The van der Waals surface area contributed by atoms with Crippen molar-refractivity contribution in [3.63, 3.8) is 0 Å². The van der Waals surface area contributed by atoms with Gasteiger partial charge in [0.25, 0.3) is 5.91 Å². The van der Waals surface area contributed by atoms with Gasteiger partial charge >= 0.3 is 12.1 Å². The predicted molar refractivity (Wildman–Crippen MR) is 116 cm³/mol. The molecular weight excluding hydrogens is 440 g/mol. The number of nitrogens with two attached hydrogens (primary N) is 3. The molecule has 0 unspecified atom stereocenters. The Balaban J connectivity index is 2.22. The average Bonchev–Trinajstić information content (AvgIpc) is 3.07. The Morgan fingerprint density at radius 2 is 2.03 bits per heavy atom. The van der Waals surface area contributed by atoms with Gasteiger partial charge in [-0.3, -0.25) is 10.1 Å². The minimum absolute atomic E-state index is 0.00240. The number of carboxylic acid groups (broad SMARTS) is 1. The Labute approximate surface area is 184 Å². The molecule has 2 aromatic heterocycles. The number of carbonyl (C=O) groups excluding carboxylic acids is 2. The molecule has 0 aliphatic heterocycles. The van der Waals surface area contributed by atoms with Crippen LogP contribution in [0.2, 0.25) is 0 Å². The molecule has 3 rings (SSSR count). The third kappa shape index (κ3) is 4.02. The van der Waals surface area contributed by atoms with Crippen LogP contribution in [0.5, 0.6) is 5.75 Å². The highest BCUT2D eigenvalue weighted by atomic mass is 32.1. The first kappa shape index (κ1) is 22.1. The number of nitrogens with zero attached hydrogens (tertiary/aromatic N) is 2. The number of methoxy groups -OCH3 is 1. The summed E-state index contributed by atoms with van der Waals surface area (Å²) in [5.41, 5.74) is 18.3. The molecule has 0 saturated heterocycles. The maximum absolute atomic E-state index is 12.0. The van der Waals surface area contributed by atoms with Crippen molar-refractivity contribution in [1.29, 1.82) is 5.26 Å². The summed E-state index contributed by atoms with van der Waals surface area (Å²) in [7, 11) is 1.36. The van der Waals surface area contributed by atoms with E-state index in [2.05, 4.69) is 15.0 Å². The minimum Gasteiger partial charge on any atom is -0.495 e. The van der Waals surface area contributed by atoms with Gasteiger partial charge < -0.3 is 31.8 Å². The zero-order valence-corrected chi connectivity index (χ0v) is 17.3. The number of pyridine rings is 1. The standard InChI is InChI=1S/C19H16N6O6S/c1-30-10-3-2-7(4-9(10)24-19(29)31-6-11(26)27)12-8(5-20)16(22)25-18-13(12)14(21)15(32-18)17(23)28/h2-4H,6,21H2,1H3,(H2,22,25)(H2,23,28)(H,24,29)(H,26,27). The number of thiophene rings is 1.